The maximum Gasteiger partial charge on any atom is 0.417 e. The molecule has 0 unspecified atom stereocenters. The Balaban J connectivity index is 2.34. The van der Waals surface area contributed by atoms with Crippen molar-refractivity contribution in [1.29, 1.82) is 0 Å². The molecule has 0 saturated heterocycles. The Bertz CT molecular complexity index is 1180. The van der Waals surface area contributed by atoms with Gasteiger partial charge in [0.05, 0.1) is 21.2 Å². The average Bonchev–Trinajstić information content (AvgIpc) is 2.97. The van der Waals surface area contributed by atoms with E-state index in [4.69, 9.17) is 11.6 Å². The number of hydrogen-bond acceptors (Lipinski definition) is 6. The molecule has 0 fully saturated rings. The van der Waals surface area contributed by atoms with Crippen molar-refractivity contribution in [3.8, 4) is 11.5 Å². The first-order chi connectivity index (χ1) is 13.0. The van der Waals surface area contributed by atoms with Gasteiger partial charge in [0, 0.05) is 20.3 Å². The van der Waals surface area contributed by atoms with E-state index in [9.17, 15) is 21.6 Å². The third-order valence-electron chi connectivity index (χ3n) is 4.14. The third-order valence-corrected chi connectivity index (χ3v) is 6.17. The van der Waals surface area contributed by atoms with Gasteiger partial charge in [0.15, 0.2) is 21.3 Å². The van der Waals surface area contributed by atoms with Crippen LogP contribution >= 0.6 is 11.6 Å². The first-order valence-corrected chi connectivity index (χ1v) is 10.0. The van der Waals surface area contributed by atoms with Gasteiger partial charge in [-0.15, -0.1) is 0 Å². The van der Waals surface area contributed by atoms with E-state index in [0.717, 1.165) is 6.07 Å². The standard InChI is InChI=1S/C16H15ClF3N5O2S/c1-4-28(26,27)11-6-9(17)13(21-2)24-12(11)15-23-10-5-8(16(18,19)20)7-22-14(10)25(15)3/h5-7H,4H2,1-3H3,(H,21,24). The van der Waals surface area contributed by atoms with E-state index >= 15 is 0 Å². The Labute approximate surface area is 163 Å². The maximum absolute atomic E-state index is 13.0. The maximum atomic E-state index is 13.0. The van der Waals surface area contributed by atoms with E-state index in [2.05, 4.69) is 20.3 Å². The fourth-order valence-electron chi connectivity index (χ4n) is 2.64. The van der Waals surface area contributed by atoms with Gasteiger partial charge in [0.1, 0.15) is 17.0 Å². The zero-order chi connectivity index (χ0) is 20.9. The van der Waals surface area contributed by atoms with Gasteiger partial charge in [-0.2, -0.15) is 13.2 Å². The Morgan fingerprint density at radius 1 is 1.25 bits per heavy atom. The summed E-state index contributed by atoms with van der Waals surface area (Å²) in [6.07, 6.45) is -3.88. The molecule has 1 N–H and O–H groups in total. The van der Waals surface area contributed by atoms with Crippen LogP contribution < -0.4 is 5.32 Å². The van der Waals surface area contributed by atoms with Crippen LogP contribution in [0.25, 0.3) is 22.7 Å². The molecule has 0 spiro atoms. The van der Waals surface area contributed by atoms with E-state index in [-0.39, 0.29) is 44.2 Å². The summed E-state index contributed by atoms with van der Waals surface area (Å²) < 4.78 is 65.4. The van der Waals surface area contributed by atoms with E-state index in [1.807, 2.05) is 0 Å². The van der Waals surface area contributed by atoms with Gasteiger partial charge < -0.3 is 9.88 Å². The van der Waals surface area contributed by atoms with E-state index < -0.39 is 21.6 Å². The minimum Gasteiger partial charge on any atom is -0.372 e. The lowest BCUT2D eigenvalue weighted by Crippen LogP contribution is -2.10. The molecule has 0 radical (unpaired) electrons. The highest BCUT2D eigenvalue weighted by Crippen LogP contribution is 2.35. The molecule has 3 aromatic rings. The lowest BCUT2D eigenvalue weighted by Gasteiger charge is -2.12. The summed E-state index contributed by atoms with van der Waals surface area (Å²) in [4.78, 5) is 12.1. The predicted molar refractivity (Wildman–Crippen MR) is 99.0 cm³/mol. The molecule has 0 aliphatic carbocycles. The van der Waals surface area contributed by atoms with Gasteiger partial charge in [-0.25, -0.2) is 23.4 Å². The Morgan fingerprint density at radius 3 is 2.50 bits per heavy atom. The smallest absolute Gasteiger partial charge is 0.372 e. The van der Waals surface area contributed by atoms with Crippen LogP contribution in [0.3, 0.4) is 0 Å². The number of rotatable bonds is 4. The van der Waals surface area contributed by atoms with Gasteiger partial charge >= 0.3 is 6.18 Å². The molecule has 0 aromatic carbocycles. The molecule has 0 aliphatic heterocycles. The molecule has 3 rings (SSSR count). The number of sulfone groups is 1. The monoisotopic (exact) mass is 433 g/mol. The summed E-state index contributed by atoms with van der Waals surface area (Å²) >= 11 is 6.09. The summed E-state index contributed by atoms with van der Waals surface area (Å²) in [5, 5.41) is 2.84. The predicted octanol–water partition coefficient (Wildman–Crippen LogP) is 3.54. The highest BCUT2D eigenvalue weighted by atomic mass is 35.5. The molecule has 7 nitrogen and oxygen atoms in total. The minimum atomic E-state index is -4.58. The molecule has 0 aliphatic rings. The van der Waals surface area contributed by atoms with Crippen LogP contribution in [0.2, 0.25) is 5.02 Å². The molecular formula is C16H15ClF3N5O2S. The lowest BCUT2D eigenvalue weighted by atomic mass is 10.2. The first kappa shape index (κ1) is 20.3. The number of aryl methyl sites for hydroxylation is 1. The van der Waals surface area contributed by atoms with Crippen molar-refractivity contribution in [2.75, 3.05) is 18.1 Å². The second-order valence-corrected chi connectivity index (χ2v) is 8.53. The average molecular weight is 434 g/mol. The van der Waals surface area contributed by atoms with Crippen molar-refractivity contribution < 1.29 is 21.6 Å². The van der Waals surface area contributed by atoms with Crippen molar-refractivity contribution in [3.63, 3.8) is 0 Å². The van der Waals surface area contributed by atoms with Crippen molar-refractivity contribution in [1.82, 2.24) is 19.5 Å². The topological polar surface area (TPSA) is 89.8 Å². The van der Waals surface area contributed by atoms with E-state index in [1.54, 1.807) is 7.05 Å². The molecule has 150 valence electrons. The fraction of sp³-hybridized carbons (Fsp3) is 0.312. The summed E-state index contributed by atoms with van der Waals surface area (Å²) in [5.41, 5.74) is -0.851. The Kier molecular flexibility index (Phi) is 5.00. The van der Waals surface area contributed by atoms with Gasteiger partial charge in [-0.05, 0) is 12.1 Å². The molecule has 12 heteroatoms. The zero-order valence-electron chi connectivity index (χ0n) is 15.0. The van der Waals surface area contributed by atoms with Crippen LogP contribution in [0.15, 0.2) is 23.2 Å². The Morgan fingerprint density at radius 2 is 1.93 bits per heavy atom. The molecule has 3 aromatic heterocycles. The van der Waals surface area contributed by atoms with Crippen LogP contribution in [0.1, 0.15) is 12.5 Å². The summed E-state index contributed by atoms with van der Waals surface area (Å²) in [5.74, 6) is 0.0573. The first-order valence-electron chi connectivity index (χ1n) is 8.00. The summed E-state index contributed by atoms with van der Waals surface area (Å²) in [6, 6.07) is 2.11. The molecule has 28 heavy (non-hydrogen) atoms. The number of pyridine rings is 2. The number of nitrogens with one attached hydrogen (secondary N) is 1. The summed E-state index contributed by atoms with van der Waals surface area (Å²) in [6.45, 7) is 1.46. The Hall–Kier alpha value is -2.40. The van der Waals surface area contributed by atoms with E-state index in [0.29, 0.717) is 6.20 Å². The number of hydrogen-bond donors (Lipinski definition) is 1. The van der Waals surface area contributed by atoms with Gasteiger partial charge in [-0.1, -0.05) is 18.5 Å². The van der Waals surface area contributed by atoms with Gasteiger partial charge in [-0.3, -0.25) is 0 Å². The molecule has 0 saturated carbocycles. The number of halogens is 4. The number of aromatic nitrogens is 4. The number of anilines is 1. The largest absolute Gasteiger partial charge is 0.417 e. The molecular weight excluding hydrogens is 419 g/mol. The van der Waals surface area contributed by atoms with Crippen LogP contribution in [0, 0.1) is 0 Å². The molecule has 0 bridgehead atoms. The molecule has 3 heterocycles. The number of nitrogens with zero attached hydrogens (tertiary/aromatic N) is 4. The minimum absolute atomic E-state index is 0.0235. The fourth-order valence-corrected chi connectivity index (χ4v) is 3.99. The summed E-state index contributed by atoms with van der Waals surface area (Å²) in [7, 11) is -0.668. The second-order valence-electron chi connectivity index (χ2n) is 5.88. The van der Waals surface area contributed by atoms with Crippen LogP contribution in [-0.4, -0.2) is 40.7 Å². The zero-order valence-corrected chi connectivity index (χ0v) is 16.5. The van der Waals surface area contributed by atoms with Crippen molar-refractivity contribution in [3.05, 3.63) is 28.9 Å². The highest BCUT2D eigenvalue weighted by molar-refractivity contribution is 7.91. The second kappa shape index (κ2) is 6.89. The third kappa shape index (κ3) is 3.39. The lowest BCUT2D eigenvalue weighted by molar-refractivity contribution is -0.137. The van der Waals surface area contributed by atoms with Gasteiger partial charge in [0.25, 0.3) is 0 Å². The number of fused-ring (bicyclic) bond motifs is 1. The molecule has 0 atom stereocenters. The van der Waals surface area contributed by atoms with Crippen molar-refractivity contribution in [2.24, 2.45) is 7.05 Å². The highest BCUT2D eigenvalue weighted by Gasteiger charge is 2.32. The molecule has 0 amide bonds. The van der Waals surface area contributed by atoms with Crippen LogP contribution in [-0.2, 0) is 23.1 Å². The van der Waals surface area contributed by atoms with Crippen molar-refractivity contribution >= 4 is 38.4 Å². The SMILES string of the molecule is CCS(=O)(=O)c1cc(Cl)c(NC)nc1-c1nc2cc(C(F)(F)F)cnc2n1C. The quantitative estimate of drug-likeness (QED) is 0.677. The van der Waals surface area contributed by atoms with Crippen molar-refractivity contribution in [2.45, 2.75) is 18.0 Å². The van der Waals surface area contributed by atoms with Crippen LogP contribution in [0.5, 0.6) is 0 Å². The van der Waals surface area contributed by atoms with E-state index in [1.165, 1.54) is 24.6 Å². The number of alkyl halides is 3. The van der Waals surface area contributed by atoms with Gasteiger partial charge in [0.2, 0.25) is 0 Å². The normalized spacial score (nSPS) is 12.5. The van der Waals surface area contributed by atoms with Crippen LogP contribution in [0.4, 0.5) is 19.0 Å². The number of imidazole rings is 1.